The molecule has 3 heterocycles. The standard InChI is InChI=1S/C21H18ClN5O2S/c1-14(20(28)24-17-7-2-6-16(22)11-17)30-21-26-25-19(15-5-3-9-23-12-15)27(21)13-18-8-4-10-29-18/h2-12,14H,13H2,1H3,(H,24,28). The molecule has 0 fully saturated rings. The zero-order valence-electron chi connectivity index (χ0n) is 16.0. The Morgan fingerprint density at radius 3 is 2.87 bits per heavy atom. The Balaban J connectivity index is 1.57. The Morgan fingerprint density at radius 1 is 1.23 bits per heavy atom. The minimum absolute atomic E-state index is 0.155. The van der Waals surface area contributed by atoms with Crippen LogP contribution in [-0.4, -0.2) is 30.9 Å². The van der Waals surface area contributed by atoms with E-state index in [1.54, 1.807) is 42.9 Å². The average Bonchev–Trinajstić information content (AvgIpc) is 3.39. The van der Waals surface area contributed by atoms with Crippen LogP contribution in [0, 0.1) is 0 Å². The summed E-state index contributed by atoms with van der Waals surface area (Å²) in [6, 6.07) is 14.5. The lowest BCUT2D eigenvalue weighted by Crippen LogP contribution is -2.23. The van der Waals surface area contributed by atoms with Gasteiger partial charge in [0.2, 0.25) is 5.91 Å². The van der Waals surface area contributed by atoms with E-state index < -0.39 is 5.25 Å². The van der Waals surface area contributed by atoms with E-state index in [9.17, 15) is 4.79 Å². The van der Waals surface area contributed by atoms with Crippen LogP contribution in [-0.2, 0) is 11.3 Å². The first-order chi connectivity index (χ1) is 14.6. The fourth-order valence-electron chi connectivity index (χ4n) is 2.81. The first-order valence-electron chi connectivity index (χ1n) is 9.19. The van der Waals surface area contributed by atoms with Crippen molar-refractivity contribution in [3.8, 4) is 11.4 Å². The molecule has 0 saturated heterocycles. The predicted molar refractivity (Wildman–Crippen MR) is 116 cm³/mol. The average molecular weight is 440 g/mol. The van der Waals surface area contributed by atoms with E-state index in [-0.39, 0.29) is 5.91 Å². The topological polar surface area (TPSA) is 85.8 Å². The maximum absolute atomic E-state index is 12.7. The van der Waals surface area contributed by atoms with Crippen molar-refractivity contribution >= 4 is 35.0 Å². The van der Waals surface area contributed by atoms with Gasteiger partial charge in [-0.1, -0.05) is 29.4 Å². The summed E-state index contributed by atoms with van der Waals surface area (Å²) in [4.78, 5) is 16.8. The summed E-state index contributed by atoms with van der Waals surface area (Å²) in [6.07, 6.45) is 5.05. The molecule has 1 amide bonds. The lowest BCUT2D eigenvalue weighted by molar-refractivity contribution is -0.115. The molecule has 3 aromatic heterocycles. The first kappa shape index (κ1) is 20.2. The van der Waals surface area contributed by atoms with Crippen molar-refractivity contribution in [2.75, 3.05) is 5.32 Å². The normalized spacial score (nSPS) is 11.9. The van der Waals surface area contributed by atoms with Crippen LogP contribution in [0.25, 0.3) is 11.4 Å². The molecule has 1 aromatic carbocycles. The minimum Gasteiger partial charge on any atom is -0.467 e. The van der Waals surface area contributed by atoms with E-state index in [1.807, 2.05) is 35.8 Å². The summed E-state index contributed by atoms with van der Waals surface area (Å²) < 4.78 is 7.42. The molecule has 9 heteroatoms. The van der Waals surface area contributed by atoms with Crippen molar-refractivity contribution in [2.45, 2.75) is 23.9 Å². The molecule has 7 nitrogen and oxygen atoms in total. The number of nitrogens with one attached hydrogen (secondary N) is 1. The van der Waals surface area contributed by atoms with Gasteiger partial charge in [-0.25, -0.2) is 0 Å². The van der Waals surface area contributed by atoms with E-state index in [0.29, 0.717) is 28.2 Å². The second-order valence-corrected chi connectivity index (χ2v) is 8.22. The number of aromatic nitrogens is 4. The van der Waals surface area contributed by atoms with Gasteiger partial charge in [-0.05, 0) is 49.4 Å². The molecule has 1 unspecified atom stereocenters. The summed E-state index contributed by atoms with van der Waals surface area (Å²) in [7, 11) is 0. The third-order valence-corrected chi connectivity index (χ3v) is 5.59. The number of nitrogens with zero attached hydrogens (tertiary/aromatic N) is 4. The molecule has 0 bridgehead atoms. The van der Waals surface area contributed by atoms with Gasteiger partial charge in [-0.3, -0.25) is 14.3 Å². The largest absolute Gasteiger partial charge is 0.467 e. The molecule has 4 rings (SSSR count). The Morgan fingerprint density at radius 2 is 2.13 bits per heavy atom. The van der Waals surface area contributed by atoms with Crippen LogP contribution < -0.4 is 5.32 Å². The van der Waals surface area contributed by atoms with Crippen molar-refractivity contribution < 1.29 is 9.21 Å². The van der Waals surface area contributed by atoms with E-state index in [4.69, 9.17) is 16.0 Å². The van der Waals surface area contributed by atoms with Crippen molar-refractivity contribution in [3.63, 3.8) is 0 Å². The highest BCUT2D eigenvalue weighted by atomic mass is 35.5. The summed E-state index contributed by atoms with van der Waals surface area (Å²) >= 11 is 7.32. The van der Waals surface area contributed by atoms with Gasteiger partial charge >= 0.3 is 0 Å². The van der Waals surface area contributed by atoms with Gasteiger partial charge < -0.3 is 9.73 Å². The van der Waals surface area contributed by atoms with Crippen LogP contribution in [0.5, 0.6) is 0 Å². The van der Waals surface area contributed by atoms with Crippen molar-refractivity contribution in [1.29, 1.82) is 0 Å². The maximum Gasteiger partial charge on any atom is 0.237 e. The molecule has 4 aromatic rings. The number of furan rings is 1. The van der Waals surface area contributed by atoms with Crippen LogP contribution >= 0.6 is 23.4 Å². The van der Waals surface area contributed by atoms with Crippen molar-refractivity contribution in [2.24, 2.45) is 0 Å². The van der Waals surface area contributed by atoms with Gasteiger partial charge in [0.25, 0.3) is 0 Å². The van der Waals surface area contributed by atoms with E-state index >= 15 is 0 Å². The van der Waals surface area contributed by atoms with E-state index in [1.165, 1.54) is 11.8 Å². The van der Waals surface area contributed by atoms with Crippen LogP contribution in [0.1, 0.15) is 12.7 Å². The molecule has 152 valence electrons. The Labute approximate surface area is 182 Å². The van der Waals surface area contributed by atoms with E-state index in [2.05, 4.69) is 20.5 Å². The lowest BCUT2D eigenvalue weighted by atomic mass is 10.2. The number of halogens is 1. The summed E-state index contributed by atoms with van der Waals surface area (Å²) in [5.74, 6) is 1.26. The van der Waals surface area contributed by atoms with Crippen molar-refractivity contribution in [1.82, 2.24) is 19.7 Å². The molecule has 0 spiro atoms. The fraction of sp³-hybridized carbons (Fsp3) is 0.143. The summed E-state index contributed by atoms with van der Waals surface area (Å²) in [6.45, 7) is 2.26. The molecular weight excluding hydrogens is 422 g/mol. The van der Waals surface area contributed by atoms with Crippen molar-refractivity contribution in [3.05, 3.63) is 78.0 Å². The number of thioether (sulfide) groups is 1. The second kappa shape index (κ2) is 9.15. The van der Waals surface area contributed by atoms with E-state index in [0.717, 1.165) is 11.3 Å². The maximum atomic E-state index is 12.7. The Hall–Kier alpha value is -3.10. The van der Waals surface area contributed by atoms with Gasteiger partial charge in [0.1, 0.15) is 5.76 Å². The van der Waals surface area contributed by atoms with Crippen LogP contribution in [0.4, 0.5) is 5.69 Å². The lowest BCUT2D eigenvalue weighted by Gasteiger charge is -2.13. The van der Waals surface area contributed by atoms with Gasteiger partial charge in [0.15, 0.2) is 11.0 Å². The molecule has 0 radical (unpaired) electrons. The third kappa shape index (κ3) is 4.72. The molecular formula is C21H18ClN5O2S. The number of carbonyl (C=O) groups is 1. The van der Waals surface area contributed by atoms with Gasteiger partial charge in [0.05, 0.1) is 18.1 Å². The second-order valence-electron chi connectivity index (χ2n) is 6.47. The molecule has 1 N–H and O–H groups in total. The Kier molecular flexibility index (Phi) is 6.15. The number of pyridine rings is 1. The monoisotopic (exact) mass is 439 g/mol. The van der Waals surface area contributed by atoms with Gasteiger partial charge in [0, 0.05) is 28.7 Å². The molecule has 0 aliphatic rings. The Bertz CT molecular complexity index is 1130. The highest BCUT2D eigenvalue weighted by Gasteiger charge is 2.22. The third-order valence-electron chi connectivity index (χ3n) is 4.27. The zero-order chi connectivity index (χ0) is 20.9. The molecule has 0 aliphatic heterocycles. The van der Waals surface area contributed by atoms with Crippen LogP contribution in [0.2, 0.25) is 5.02 Å². The van der Waals surface area contributed by atoms with Crippen LogP contribution in [0.15, 0.2) is 76.8 Å². The molecule has 0 aliphatic carbocycles. The highest BCUT2D eigenvalue weighted by Crippen LogP contribution is 2.28. The van der Waals surface area contributed by atoms with Gasteiger partial charge in [-0.15, -0.1) is 10.2 Å². The number of amides is 1. The number of rotatable bonds is 7. The molecule has 30 heavy (non-hydrogen) atoms. The quantitative estimate of drug-likeness (QED) is 0.418. The zero-order valence-corrected chi connectivity index (χ0v) is 17.6. The molecule has 0 saturated carbocycles. The number of hydrogen-bond donors (Lipinski definition) is 1. The van der Waals surface area contributed by atoms with Crippen LogP contribution in [0.3, 0.4) is 0 Å². The SMILES string of the molecule is CC(Sc1nnc(-c2cccnc2)n1Cc1ccco1)C(=O)Nc1cccc(Cl)c1. The predicted octanol–water partition coefficient (Wildman–Crippen LogP) is 4.75. The summed E-state index contributed by atoms with van der Waals surface area (Å²) in [5.41, 5.74) is 1.48. The first-order valence-corrected chi connectivity index (χ1v) is 10.4. The van der Waals surface area contributed by atoms with Gasteiger partial charge in [-0.2, -0.15) is 0 Å². The molecule has 1 atom stereocenters. The fourth-order valence-corrected chi connectivity index (χ4v) is 3.85. The number of carbonyl (C=O) groups excluding carboxylic acids is 1. The number of benzene rings is 1. The smallest absolute Gasteiger partial charge is 0.237 e. The highest BCUT2D eigenvalue weighted by molar-refractivity contribution is 8.00. The summed E-state index contributed by atoms with van der Waals surface area (Å²) in [5, 5.41) is 12.3. The minimum atomic E-state index is -0.412. The number of anilines is 1. The number of hydrogen-bond acceptors (Lipinski definition) is 6.